The number of nitrogens with zero attached hydrogens (tertiary/aromatic N) is 1. The van der Waals surface area contributed by atoms with E-state index in [1.807, 2.05) is 56.3 Å². The lowest BCUT2D eigenvalue weighted by Gasteiger charge is -2.28. The Bertz CT molecular complexity index is 823. The zero-order valence-electron chi connectivity index (χ0n) is 16.1. The van der Waals surface area contributed by atoms with Crippen LogP contribution in [0.2, 0.25) is 0 Å². The average Bonchev–Trinajstić information content (AvgIpc) is 2.65. The molecule has 5 nitrogen and oxygen atoms in total. The Hall–Kier alpha value is -2.34. The highest BCUT2D eigenvalue weighted by Gasteiger charge is 2.25. The van der Waals surface area contributed by atoms with Crippen molar-refractivity contribution >= 4 is 27.7 Å². The number of aryl methyl sites for hydroxylation is 2. The van der Waals surface area contributed by atoms with Crippen LogP contribution in [0.4, 0.5) is 0 Å². The number of amides is 2. The number of likely N-dealkylation sites (N-methyl/N-ethyl adjacent to an activating group) is 1. The largest absolute Gasteiger partial charge is 0.484 e. The van der Waals surface area contributed by atoms with E-state index in [0.717, 1.165) is 21.2 Å². The number of benzene rings is 2. The molecule has 0 radical (unpaired) electrons. The van der Waals surface area contributed by atoms with Crippen LogP contribution < -0.4 is 10.1 Å². The number of hydrogen-bond donors (Lipinski definition) is 1. The van der Waals surface area contributed by atoms with Crippen molar-refractivity contribution in [2.45, 2.75) is 33.4 Å². The summed E-state index contributed by atoms with van der Waals surface area (Å²) >= 11 is 3.44. The van der Waals surface area contributed by atoms with Gasteiger partial charge in [-0.2, -0.15) is 0 Å². The van der Waals surface area contributed by atoms with Crippen LogP contribution in [0.15, 0.2) is 46.9 Å². The van der Waals surface area contributed by atoms with Gasteiger partial charge in [0, 0.05) is 18.1 Å². The van der Waals surface area contributed by atoms with Gasteiger partial charge in [0.05, 0.1) is 0 Å². The van der Waals surface area contributed by atoms with Gasteiger partial charge in [0.2, 0.25) is 5.91 Å². The zero-order valence-corrected chi connectivity index (χ0v) is 17.7. The molecule has 0 heterocycles. The molecule has 2 amide bonds. The second-order valence-corrected chi connectivity index (χ2v) is 7.39. The SMILES string of the molecule is CNC(=O)[C@H](C)N(Cc1cccc(Br)c1)C(=O)COc1ccc(C)c(C)c1. The maximum atomic E-state index is 12.8. The maximum absolute atomic E-state index is 12.8. The van der Waals surface area contributed by atoms with Crippen molar-refractivity contribution in [1.29, 1.82) is 0 Å². The first-order chi connectivity index (χ1) is 12.8. The van der Waals surface area contributed by atoms with Gasteiger partial charge in [-0.05, 0) is 61.7 Å². The summed E-state index contributed by atoms with van der Waals surface area (Å²) in [7, 11) is 1.56. The third kappa shape index (κ3) is 5.82. The van der Waals surface area contributed by atoms with Crippen LogP contribution in [0.25, 0.3) is 0 Å². The van der Waals surface area contributed by atoms with E-state index < -0.39 is 6.04 Å². The zero-order chi connectivity index (χ0) is 20.0. The highest BCUT2D eigenvalue weighted by Crippen LogP contribution is 2.18. The first-order valence-corrected chi connectivity index (χ1v) is 9.56. The Morgan fingerprint density at radius 3 is 2.52 bits per heavy atom. The van der Waals surface area contributed by atoms with Crippen LogP contribution in [0.1, 0.15) is 23.6 Å². The van der Waals surface area contributed by atoms with E-state index >= 15 is 0 Å². The Morgan fingerprint density at radius 1 is 1.15 bits per heavy atom. The van der Waals surface area contributed by atoms with Crippen molar-refractivity contribution in [2.75, 3.05) is 13.7 Å². The molecule has 6 heteroatoms. The molecular formula is C21H25BrN2O3. The van der Waals surface area contributed by atoms with Crippen molar-refractivity contribution in [3.8, 4) is 5.75 Å². The summed E-state index contributed by atoms with van der Waals surface area (Å²) < 4.78 is 6.60. The molecule has 0 bridgehead atoms. The van der Waals surface area contributed by atoms with Gasteiger partial charge in [-0.1, -0.05) is 34.1 Å². The summed E-state index contributed by atoms with van der Waals surface area (Å²) in [4.78, 5) is 26.5. The lowest BCUT2D eigenvalue weighted by Crippen LogP contribution is -2.48. The summed E-state index contributed by atoms with van der Waals surface area (Å²) in [5.74, 6) is 0.176. The molecule has 0 aliphatic rings. The van der Waals surface area contributed by atoms with Crippen LogP contribution in [0.3, 0.4) is 0 Å². The van der Waals surface area contributed by atoms with E-state index in [1.165, 1.54) is 4.90 Å². The summed E-state index contributed by atoms with van der Waals surface area (Å²) in [5, 5.41) is 2.60. The van der Waals surface area contributed by atoms with Crippen molar-refractivity contribution in [2.24, 2.45) is 0 Å². The maximum Gasteiger partial charge on any atom is 0.261 e. The summed E-state index contributed by atoms with van der Waals surface area (Å²) in [6, 6.07) is 12.8. The monoisotopic (exact) mass is 432 g/mol. The van der Waals surface area contributed by atoms with Crippen LogP contribution in [-0.4, -0.2) is 36.4 Å². The lowest BCUT2D eigenvalue weighted by molar-refractivity contribution is -0.142. The van der Waals surface area contributed by atoms with E-state index in [4.69, 9.17) is 4.74 Å². The molecule has 0 aliphatic heterocycles. The van der Waals surface area contributed by atoms with Gasteiger partial charge in [0.25, 0.3) is 5.91 Å². The highest BCUT2D eigenvalue weighted by molar-refractivity contribution is 9.10. The van der Waals surface area contributed by atoms with E-state index in [1.54, 1.807) is 14.0 Å². The second-order valence-electron chi connectivity index (χ2n) is 6.48. The molecular weight excluding hydrogens is 408 g/mol. The number of hydrogen-bond acceptors (Lipinski definition) is 3. The second kappa shape index (κ2) is 9.55. The fraction of sp³-hybridized carbons (Fsp3) is 0.333. The van der Waals surface area contributed by atoms with Gasteiger partial charge in [-0.3, -0.25) is 9.59 Å². The molecule has 0 spiro atoms. The summed E-state index contributed by atoms with van der Waals surface area (Å²) in [6.07, 6.45) is 0. The van der Waals surface area contributed by atoms with Crippen molar-refractivity contribution < 1.29 is 14.3 Å². The Labute approximate surface area is 168 Å². The predicted octanol–water partition coefficient (Wildman–Crippen LogP) is 3.61. The summed E-state index contributed by atoms with van der Waals surface area (Å²) in [5.41, 5.74) is 3.20. The van der Waals surface area contributed by atoms with E-state index in [9.17, 15) is 9.59 Å². The van der Waals surface area contributed by atoms with Crippen LogP contribution in [-0.2, 0) is 16.1 Å². The number of nitrogens with one attached hydrogen (secondary N) is 1. The van der Waals surface area contributed by atoms with E-state index in [2.05, 4.69) is 21.2 Å². The third-order valence-electron chi connectivity index (χ3n) is 4.50. The van der Waals surface area contributed by atoms with Gasteiger partial charge in [-0.15, -0.1) is 0 Å². The number of rotatable bonds is 7. The summed E-state index contributed by atoms with van der Waals surface area (Å²) in [6.45, 7) is 5.93. The van der Waals surface area contributed by atoms with Gasteiger partial charge in [0.1, 0.15) is 11.8 Å². The van der Waals surface area contributed by atoms with Crippen molar-refractivity contribution in [3.05, 3.63) is 63.6 Å². The van der Waals surface area contributed by atoms with Crippen molar-refractivity contribution in [1.82, 2.24) is 10.2 Å². The number of halogens is 1. The number of carbonyl (C=O) groups is 2. The predicted molar refractivity (Wildman–Crippen MR) is 110 cm³/mol. The molecule has 2 aromatic rings. The molecule has 1 atom stereocenters. The van der Waals surface area contributed by atoms with E-state index in [-0.39, 0.29) is 18.4 Å². The minimum absolute atomic E-state index is 0.127. The smallest absolute Gasteiger partial charge is 0.261 e. The molecule has 27 heavy (non-hydrogen) atoms. The molecule has 2 rings (SSSR count). The van der Waals surface area contributed by atoms with Crippen LogP contribution in [0, 0.1) is 13.8 Å². The third-order valence-corrected chi connectivity index (χ3v) is 4.99. The molecule has 2 aromatic carbocycles. The Balaban J connectivity index is 2.14. The molecule has 0 aromatic heterocycles. The quantitative estimate of drug-likeness (QED) is 0.726. The molecule has 0 unspecified atom stereocenters. The first-order valence-electron chi connectivity index (χ1n) is 8.77. The standard InChI is InChI=1S/C21H25BrN2O3/c1-14-8-9-19(10-15(14)2)27-13-20(25)24(16(3)21(26)23-4)12-17-6-5-7-18(22)11-17/h5-11,16H,12-13H2,1-4H3,(H,23,26)/t16-/m0/s1. The van der Waals surface area contributed by atoms with Gasteiger partial charge >= 0.3 is 0 Å². The van der Waals surface area contributed by atoms with Gasteiger partial charge in [-0.25, -0.2) is 0 Å². The molecule has 0 saturated carbocycles. The number of carbonyl (C=O) groups excluding carboxylic acids is 2. The molecule has 1 N–H and O–H groups in total. The fourth-order valence-corrected chi connectivity index (χ4v) is 3.10. The van der Waals surface area contributed by atoms with Gasteiger partial charge < -0.3 is 15.0 Å². The normalized spacial score (nSPS) is 11.6. The average molecular weight is 433 g/mol. The Kier molecular flexibility index (Phi) is 7.42. The molecule has 0 aliphatic carbocycles. The lowest BCUT2D eigenvalue weighted by atomic mass is 10.1. The number of ether oxygens (including phenoxy) is 1. The minimum atomic E-state index is -0.607. The van der Waals surface area contributed by atoms with Crippen LogP contribution >= 0.6 is 15.9 Å². The van der Waals surface area contributed by atoms with Crippen molar-refractivity contribution in [3.63, 3.8) is 0 Å². The molecule has 0 fully saturated rings. The van der Waals surface area contributed by atoms with Gasteiger partial charge in [0.15, 0.2) is 6.61 Å². The van der Waals surface area contributed by atoms with Crippen LogP contribution in [0.5, 0.6) is 5.75 Å². The molecule has 0 saturated heterocycles. The topological polar surface area (TPSA) is 58.6 Å². The Morgan fingerprint density at radius 2 is 1.89 bits per heavy atom. The van der Waals surface area contributed by atoms with E-state index in [0.29, 0.717) is 12.3 Å². The first kappa shape index (κ1) is 21.0. The fourth-order valence-electron chi connectivity index (χ4n) is 2.66. The molecule has 144 valence electrons. The minimum Gasteiger partial charge on any atom is -0.484 e. The highest BCUT2D eigenvalue weighted by atomic mass is 79.9.